The average Bonchev–Trinajstić information content (AvgIpc) is 2.51. The first-order valence-electron chi connectivity index (χ1n) is 7.69. The molecule has 0 unspecified atom stereocenters. The number of hydrogen-bond donors (Lipinski definition) is 3. The van der Waals surface area contributed by atoms with Crippen LogP contribution in [0, 0.1) is 5.92 Å². The number of amides is 2. The maximum absolute atomic E-state index is 12.4. The molecule has 0 saturated heterocycles. The highest BCUT2D eigenvalue weighted by molar-refractivity contribution is 5.90. The van der Waals surface area contributed by atoms with Crippen LogP contribution >= 0.6 is 0 Å². The van der Waals surface area contributed by atoms with Crippen LogP contribution < -0.4 is 10.6 Å². The molecule has 126 valence electrons. The minimum atomic E-state index is -1.08. The fourth-order valence-electron chi connectivity index (χ4n) is 2.24. The zero-order valence-corrected chi connectivity index (χ0v) is 13.7. The van der Waals surface area contributed by atoms with Crippen molar-refractivity contribution in [3.05, 3.63) is 35.9 Å². The molecule has 0 radical (unpaired) electrons. The number of carbonyl (C=O) groups is 3. The van der Waals surface area contributed by atoms with Gasteiger partial charge in [0.25, 0.3) is 0 Å². The highest BCUT2D eigenvalue weighted by atomic mass is 16.4. The van der Waals surface area contributed by atoms with Crippen LogP contribution in [0.15, 0.2) is 30.3 Å². The minimum Gasteiger partial charge on any atom is -0.480 e. The smallest absolute Gasteiger partial charge is 0.326 e. The Labute approximate surface area is 136 Å². The summed E-state index contributed by atoms with van der Waals surface area (Å²) >= 11 is 0. The van der Waals surface area contributed by atoms with Crippen LogP contribution in [0.3, 0.4) is 0 Å². The number of carboxylic acids is 1. The van der Waals surface area contributed by atoms with Gasteiger partial charge in [-0.1, -0.05) is 50.6 Å². The third-order valence-electron chi connectivity index (χ3n) is 3.75. The fraction of sp³-hybridized carbons (Fsp3) is 0.471. The van der Waals surface area contributed by atoms with E-state index >= 15 is 0 Å². The number of nitrogens with one attached hydrogen (secondary N) is 2. The van der Waals surface area contributed by atoms with Crippen molar-refractivity contribution in [3.63, 3.8) is 0 Å². The van der Waals surface area contributed by atoms with Gasteiger partial charge in [-0.25, -0.2) is 4.79 Å². The lowest BCUT2D eigenvalue weighted by molar-refractivity contribution is -0.143. The van der Waals surface area contributed by atoms with Gasteiger partial charge in [0, 0.05) is 13.3 Å². The van der Waals surface area contributed by atoms with Crippen molar-refractivity contribution >= 4 is 17.8 Å². The van der Waals surface area contributed by atoms with Gasteiger partial charge >= 0.3 is 5.97 Å². The fourth-order valence-corrected chi connectivity index (χ4v) is 2.24. The molecule has 0 aliphatic heterocycles. The Morgan fingerprint density at radius 2 is 1.74 bits per heavy atom. The maximum Gasteiger partial charge on any atom is 0.326 e. The Kier molecular flexibility index (Phi) is 7.25. The summed E-state index contributed by atoms with van der Waals surface area (Å²) in [6, 6.07) is 7.48. The topological polar surface area (TPSA) is 95.5 Å². The van der Waals surface area contributed by atoms with Gasteiger partial charge in [0.05, 0.1) is 0 Å². The van der Waals surface area contributed by atoms with Gasteiger partial charge in [0.1, 0.15) is 12.1 Å². The Balaban J connectivity index is 2.86. The van der Waals surface area contributed by atoms with Gasteiger partial charge in [-0.3, -0.25) is 9.59 Å². The Hall–Kier alpha value is -2.37. The van der Waals surface area contributed by atoms with Crippen molar-refractivity contribution in [2.24, 2.45) is 5.92 Å². The van der Waals surface area contributed by atoms with Gasteiger partial charge in [-0.2, -0.15) is 0 Å². The van der Waals surface area contributed by atoms with Gasteiger partial charge in [-0.05, 0) is 11.5 Å². The molecule has 0 aliphatic rings. The molecule has 0 spiro atoms. The molecule has 0 aliphatic carbocycles. The summed E-state index contributed by atoms with van der Waals surface area (Å²) < 4.78 is 0. The lowest BCUT2D eigenvalue weighted by Gasteiger charge is -2.24. The second kappa shape index (κ2) is 8.92. The Morgan fingerprint density at radius 1 is 1.13 bits per heavy atom. The molecule has 0 saturated carbocycles. The zero-order valence-electron chi connectivity index (χ0n) is 13.7. The number of benzene rings is 1. The molecule has 3 N–H and O–H groups in total. The Bertz CT molecular complexity index is 545. The molecule has 1 aromatic rings. The molecule has 1 aromatic carbocycles. The molecule has 0 fully saturated rings. The van der Waals surface area contributed by atoms with E-state index in [0.717, 1.165) is 5.56 Å². The predicted octanol–water partition coefficient (Wildman–Crippen LogP) is 1.35. The van der Waals surface area contributed by atoms with E-state index < -0.39 is 24.0 Å². The molecule has 0 aromatic heterocycles. The number of hydrogen-bond acceptors (Lipinski definition) is 3. The summed E-state index contributed by atoms with van der Waals surface area (Å²) in [6.45, 7) is 4.96. The van der Waals surface area contributed by atoms with Gasteiger partial charge in [0.2, 0.25) is 11.8 Å². The van der Waals surface area contributed by atoms with Crippen molar-refractivity contribution in [2.45, 2.75) is 45.7 Å². The predicted molar refractivity (Wildman–Crippen MR) is 86.8 cm³/mol. The van der Waals surface area contributed by atoms with E-state index in [2.05, 4.69) is 10.6 Å². The van der Waals surface area contributed by atoms with E-state index in [-0.39, 0.29) is 11.8 Å². The van der Waals surface area contributed by atoms with Crippen LogP contribution in [-0.2, 0) is 20.8 Å². The van der Waals surface area contributed by atoms with E-state index in [1.807, 2.05) is 37.3 Å². The standard InChI is InChI=1S/C17H24N2O4/c1-4-11(2)15(17(22)23)19-16(21)14(18-12(3)20)10-13-8-6-5-7-9-13/h5-9,11,14-15H,4,10H2,1-3H3,(H,18,20)(H,19,21)(H,22,23)/t11-,14+,15+/m0/s1. The van der Waals surface area contributed by atoms with Crippen LogP contribution in [0.1, 0.15) is 32.8 Å². The molecule has 0 bridgehead atoms. The van der Waals surface area contributed by atoms with Crippen molar-refractivity contribution in [1.82, 2.24) is 10.6 Å². The molecule has 6 heteroatoms. The van der Waals surface area contributed by atoms with Crippen molar-refractivity contribution in [3.8, 4) is 0 Å². The number of carboxylic acid groups (broad SMARTS) is 1. The van der Waals surface area contributed by atoms with Crippen molar-refractivity contribution in [1.29, 1.82) is 0 Å². The highest BCUT2D eigenvalue weighted by Crippen LogP contribution is 2.09. The Morgan fingerprint density at radius 3 is 2.22 bits per heavy atom. The average molecular weight is 320 g/mol. The van der Waals surface area contributed by atoms with Crippen molar-refractivity contribution in [2.75, 3.05) is 0 Å². The maximum atomic E-state index is 12.4. The molecule has 0 heterocycles. The SMILES string of the molecule is CC[C@H](C)[C@@H](NC(=O)[C@@H](Cc1ccccc1)NC(C)=O)C(=O)O. The number of aliphatic carboxylic acids is 1. The van der Waals surface area contributed by atoms with Crippen LogP contribution in [-0.4, -0.2) is 35.0 Å². The largest absolute Gasteiger partial charge is 0.480 e. The third-order valence-corrected chi connectivity index (χ3v) is 3.75. The third kappa shape index (κ3) is 6.10. The first-order chi connectivity index (χ1) is 10.8. The molecule has 3 atom stereocenters. The van der Waals surface area contributed by atoms with E-state index in [4.69, 9.17) is 0 Å². The second-order valence-corrected chi connectivity index (χ2v) is 5.65. The summed E-state index contributed by atoms with van der Waals surface area (Å²) in [6.07, 6.45) is 0.930. The lowest BCUT2D eigenvalue weighted by atomic mass is 9.98. The summed E-state index contributed by atoms with van der Waals surface area (Å²) in [5, 5.41) is 14.4. The molecular weight excluding hydrogens is 296 g/mol. The normalized spacial score (nSPS) is 14.4. The zero-order chi connectivity index (χ0) is 17.4. The van der Waals surface area contributed by atoms with Crippen LogP contribution in [0.5, 0.6) is 0 Å². The summed E-state index contributed by atoms with van der Waals surface area (Å²) in [5.41, 5.74) is 0.886. The number of carbonyl (C=O) groups excluding carboxylic acids is 2. The summed E-state index contributed by atoms with van der Waals surface area (Å²) in [5.74, 6) is -2.10. The van der Waals surface area contributed by atoms with E-state index in [1.165, 1.54) is 6.92 Å². The van der Waals surface area contributed by atoms with Crippen molar-refractivity contribution < 1.29 is 19.5 Å². The summed E-state index contributed by atoms with van der Waals surface area (Å²) in [4.78, 5) is 35.1. The molecule has 23 heavy (non-hydrogen) atoms. The molecule has 2 amide bonds. The minimum absolute atomic E-state index is 0.203. The lowest BCUT2D eigenvalue weighted by Crippen LogP contribution is -2.53. The van der Waals surface area contributed by atoms with Crippen LogP contribution in [0.4, 0.5) is 0 Å². The quantitative estimate of drug-likeness (QED) is 0.674. The number of rotatable bonds is 8. The first-order valence-corrected chi connectivity index (χ1v) is 7.69. The van der Waals surface area contributed by atoms with Gasteiger partial charge < -0.3 is 15.7 Å². The monoisotopic (exact) mass is 320 g/mol. The van der Waals surface area contributed by atoms with Gasteiger partial charge in [-0.15, -0.1) is 0 Å². The molecule has 6 nitrogen and oxygen atoms in total. The molecule has 1 rings (SSSR count). The van der Waals surface area contributed by atoms with Crippen LogP contribution in [0.2, 0.25) is 0 Å². The second-order valence-electron chi connectivity index (χ2n) is 5.65. The van der Waals surface area contributed by atoms with E-state index in [1.54, 1.807) is 6.92 Å². The van der Waals surface area contributed by atoms with Crippen LogP contribution in [0.25, 0.3) is 0 Å². The molecular formula is C17H24N2O4. The van der Waals surface area contributed by atoms with E-state index in [9.17, 15) is 19.5 Å². The van der Waals surface area contributed by atoms with Gasteiger partial charge in [0.15, 0.2) is 0 Å². The highest BCUT2D eigenvalue weighted by Gasteiger charge is 2.29. The van der Waals surface area contributed by atoms with E-state index in [0.29, 0.717) is 12.8 Å². The first kappa shape index (κ1) is 18.7. The summed E-state index contributed by atoms with van der Waals surface area (Å²) in [7, 11) is 0.